The van der Waals surface area contributed by atoms with Gasteiger partial charge in [0.25, 0.3) is 5.56 Å². The maximum absolute atomic E-state index is 14.0. The van der Waals surface area contributed by atoms with Gasteiger partial charge in [-0.2, -0.15) is 0 Å². The Kier molecular flexibility index (Phi) is 12.8. The van der Waals surface area contributed by atoms with E-state index in [0.717, 1.165) is 5.69 Å². The highest BCUT2D eigenvalue weighted by molar-refractivity contribution is 6.38. The van der Waals surface area contributed by atoms with Crippen molar-refractivity contribution in [3.05, 3.63) is 122 Å². The molecule has 0 spiro atoms. The van der Waals surface area contributed by atoms with Gasteiger partial charge < -0.3 is 19.7 Å². The first-order valence-electron chi connectivity index (χ1n) is 16.4. The molecule has 0 aliphatic rings. The number of carbonyl (C=O) groups is 1. The fourth-order valence-corrected chi connectivity index (χ4v) is 6.57. The van der Waals surface area contributed by atoms with Crippen LogP contribution in [0.1, 0.15) is 26.7 Å². The van der Waals surface area contributed by atoms with Gasteiger partial charge in [0, 0.05) is 35.8 Å². The van der Waals surface area contributed by atoms with Crippen LogP contribution in [0.25, 0.3) is 27.7 Å². The maximum Gasteiger partial charge on any atom is 0.323 e. The number of likely N-dealkylation sites (N-methyl/N-ethyl adjacent to an activating group) is 1. The van der Waals surface area contributed by atoms with Gasteiger partial charge in [-0.3, -0.25) is 14.2 Å². The number of esters is 1. The Morgan fingerprint density at radius 1 is 0.880 bits per heavy atom. The lowest BCUT2D eigenvalue weighted by Crippen LogP contribution is -2.40. The average molecular weight is 739 g/mol. The first kappa shape index (κ1) is 37.2. The summed E-state index contributed by atoms with van der Waals surface area (Å²) in [5, 5.41) is 4.80. The third kappa shape index (κ3) is 9.17. The molecule has 0 radical (unpaired) electrons. The normalized spacial score (nSPS) is 11.9. The highest BCUT2D eigenvalue weighted by Gasteiger charge is 2.21. The molecule has 0 aliphatic heterocycles. The van der Waals surface area contributed by atoms with Crippen molar-refractivity contribution in [2.45, 2.75) is 32.7 Å². The van der Waals surface area contributed by atoms with E-state index < -0.39 is 11.9 Å². The third-order valence-electron chi connectivity index (χ3n) is 8.21. The van der Waals surface area contributed by atoms with E-state index in [1.54, 1.807) is 36.4 Å². The summed E-state index contributed by atoms with van der Waals surface area (Å²) in [6, 6.07) is 25.3. The standard InChI is InChI=1S/C39H39Cl3FN3O4/c1-25(2)21-35(39(48)50-20-18-45(3)27-9-5-4-6-10-27)44-17-8-19-49-28-23-31(29-14-13-26(43)22-34(29)42)30-15-16-37(47)46(36(30)24-28)38-32(40)11-7-12-33(38)41/h4-7,9-16,22-25,35,44H,8,17-21H2,1-3H3/t35-/m0/s1. The van der Waals surface area contributed by atoms with Crippen LogP contribution >= 0.6 is 34.8 Å². The van der Waals surface area contributed by atoms with Crippen molar-refractivity contribution in [3.63, 3.8) is 0 Å². The molecule has 5 aromatic rings. The third-order valence-corrected chi connectivity index (χ3v) is 9.13. The molecule has 4 aromatic carbocycles. The Hall–Kier alpha value is -4.08. The van der Waals surface area contributed by atoms with E-state index in [0.29, 0.717) is 76.1 Å². The van der Waals surface area contributed by atoms with Crippen molar-refractivity contribution >= 4 is 57.4 Å². The first-order chi connectivity index (χ1) is 24.0. The lowest BCUT2D eigenvalue weighted by molar-refractivity contribution is -0.146. The van der Waals surface area contributed by atoms with E-state index in [2.05, 4.69) is 19.2 Å². The number of hydrogen-bond acceptors (Lipinski definition) is 6. The molecule has 0 saturated heterocycles. The molecule has 1 aromatic heterocycles. The molecule has 0 amide bonds. The Morgan fingerprint density at radius 3 is 2.32 bits per heavy atom. The minimum absolute atomic E-state index is 0.205. The Balaban J connectivity index is 1.32. The highest BCUT2D eigenvalue weighted by atomic mass is 35.5. The van der Waals surface area contributed by atoms with Gasteiger partial charge in [0.1, 0.15) is 24.2 Å². The van der Waals surface area contributed by atoms with Crippen LogP contribution in [-0.4, -0.2) is 49.9 Å². The molecule has 0 unspecified atom stereocenters. The van der Waals surface area contributed by atoms with Crippen LogP contribution in [0, 0.1) is 11.7 Å². The number of halogens is 4. The molecule has 1 atom stereocenters. The van der Waals surface area contributed by atoms with Gasteiger partial charge in [-0.05, 0) is 85.5 Å². The zero-order valence-electron chi connectivity index (χ0n) is 28.1. The van der Waals surface area contributed by atoms with E-state index in [1.165, 1.54) is 22.8 Å². The summed E-state index contributed by atoms with van der Waals surface area (Å²) >= 11 is 19.6. The minimum atomic E-state index is -0.470. The quantitative estimate of drug-likeness (QED) is 0.0854. The minimum Gasteiger partial charge on any atom is -0.493 e. The fourth-order valence-electron chi connectivity index (χ4n) is 5.74. The summed E-state index contributed by atoms with van der Waals surface area (Å²) in [6.07, 6.45) is 1.20. The number of hydrogen-bond donors (Lipinski definition) is 1. The number of nitrogens with zero attached hydrogens (tertiary/aromatic N) is 2. The van der Waals surface area contributed by atoms with E-state index in [4.69, 9.17) is 44.3 Å². The van der Waals surface area contributed by atoms with Gasteiger partial charge in [-0.15, -0.1) is 0 Å². The molecular weight excluding hydrogens is 700 g/mol. The number of para-hydroxylation sites is 2. The number of ether oxygens (including phenoxy) is 2. The molecule has 11 heteroatoms. The van der Waals surface area contributed by atoms with Crippen molar-refractivity contribution in [1.82, 2.24) is 9.88 Å². The van der Waals surface area contributed by atoms with Gasteiger partial charge >= 0.3 is 5.97 Å². The molecule has 5 rings (SSSR count). The van der Waals surface area contributed by atoms with Gasteiger partial charge in [-0.25, -0.2) is 4.39 Å². The summed E-state index contributed by atoms with van der Waals surface area (Å²) in [4.78, 5) is 28.4. The van der Waals surface area contributed by atoms with E-state index >= 15 is 0 Å². The van der Waals surface area contributed by atoms with Crippen LogP contribution in [0.4, 0.5) is 10.1 Å². The second kappa shape index (κ2) is 17.2. The SMILES string of the molecule is CC(C)C[C@H](NCCCOc1cc(-c2ccc(F)cc2Cl)c2ccc(=O)n(-c3c(Cl)cccc3Cl)c2c1)C(=O)OCCN(C)c1ccccc1. The number of benzene rings is 4. The van der Waals surface area contributed by atoms with Crippen LogP contribution in [0.5, 0.6) is 5.75 Å². The van der Waals surface area contributed by atoms with Crippen molar-refractivity contribution < 1.29 is 18.7 Å². The maximum atomic E-state index is 14.0. The molecular formula is C39H39Cl3FN3O4. The average Bonchev–Trinajstić information content (AvgIpc) is 3.08. The summed E-state index contributed by atoms with van der Waals surface area (Å²) in [7, 11) is 1.96. The number of carbonyl (C=O) groups excluding carboxylic acids is 1. The molecule has 1 heterocycles. The molecule has 7 nitrogen and oxygen atoms in total. The van der Waals surface area contributed by atoms with Crippen LogP contribution in [-0.2, 0) is 9.53 Å². The summed E-state index contributed by atoms with van der Waals surface area (Å²) in [6.45, 7) is 5.77. The molecule has 0 aliphatic carbocycles. The van der Waals surface area contributed by atoms with Gasteiger partial charge in [0.05, 0.1) is 39.4 Å². The van der Waals surface area contributed by atoms with E-state index in [-0.39, 0.29) is 29.1 Å². The predicted molar refractivity (Wildman–Crippen MR) is 202 cm³/mol. The van der Waals surface area contributed by atoms with E-state index in [9.17, 15) is 14.0 Å². The molecule has 262 valence electrons. The topological polar surface area (TPSA) is 72.8 Å². The fraction of sp³-hybridized carbons (Fsp3) is 0.282. The van der Waals surface area contributed by atoms with Crippen molar-refractivity contribution in [1.29, 1.82) is 0 Å². The number of nitrogens with one attached hydrogen (secondary N) is 1. The van der Waals surface area contributed by atoms with Crippen molar-refractivity contribution in [2.75, 3.05) is 38.3 Å². The monoisotopic (exact) mass is 737 g/mol. The zero-order chi connectivity index (χ0) is 35.8. The summed E-state index contributed by atoms with van der Waals surface area (Å²) < 4.78 is 27.4. The van der Waals surface area contributed by atoms with Crippen LogP contribution < -0.4 is 20.5 Å². The number of anilines is 1. The summed E-state index contributed by atoms with van der Waals surface area (Å²) in [5.74, 6) is -0.0209. The number of fused-ring (bicyclic) bond motifs is 1. The van der Waals surface area contributed by atoms with Gasteiger partial charge in [-0.1, -0.05) is 72.9 Å². The Morgan fingerprint density at radius 2 is 1.62 bits per heavy atom. The molecule has 0 saturated carbocycles. The lowest BCUT2D eigenvalue weighted by atomic mass is 9.99. The molecule has 50 heavy (non-hydrogen) atoms. The second-order valence-corrected chi connectivity index (χ2v) is 13.6. The van der Waals surface area contributed by atoms with Gasteiger partial charge in [0.2, 0.25) is 0 Å². The van der Waals surface area contributed by atoms with Gasteiger partial charge in [0.15, 0.2) is 0 Å². The van der Waals surface area contributed by atoms with Crippen LogP contribution in [0.2, 0.25) is 15.1 Å². The highest BCUT2D eigenvalue weighted by Crippen LogP contribution is 2.38. The number of rotatable bonds is 15. The zero-order valence-corrected chi connectivity index (χ0v) is 30.4. The number of pyridine rings is 1. The Bertz CT molecular complexity index is 1980. The second-order valence-electron chi connectivity index (χ2n) is 12.4. The van der Waals surface area contributed by atoms with Crippen molar-refractivity contribution in [2.24, 2.45) is 5.92 Å². The summed E-state index contributed by atoms with van der Waals surface area (Å²) in [5.41, 5.74) is 2.71. The predicted octanol–water partition coefficient (Wildman–Crippen LogP) is 9.21. The smallest absolute Gasteiger partial charge is 0.323 e. The van der Waals surface area contributed by atoms with Crippen molar-refractivity contribution in [3.8, 4) is 22.6 Å². The largest absolute Gasteiger partial charge is 0.493 e. The van der Waals surface area contributed by atoms with Crippen LogP contribution in [0.15, 0.2) is 95.8 Å². The van der Waals surface area contributed by atoms with Crippen LogP contribution in [0.3, 0.4) is 0 Å². The lowest BCUT2D eigenvalue weighted by Gasteiger charge is -2.22. The molecule has 1 N–H and O–H groups in total. The van der Waals surface area contributed by atoms with E-state index in [1.807, 2.05) is 48.3 Å². The Labute approximate surface area is 306 Å². The molecule has 0 bridgehead atoms. The first-order valence-corrected chi connectivity index (χ1v) is 17.6. The number of aromatic nitrogens is 1. The molecule has 0 fully saturated rings.